The molecule has 2 heterocycles. The molecule has 11 heteroatoms. The number of hydrogen-bond acceptors (Lipinski definition) is 6. The lowest BCUT2D eigenvalue weighted by Crippen LogP contribution is -2.50. The Morgan fingerprint density at radius 1 is 0.839 bits per heavy atom. The molecular formula is C20H20FN3O4S3. The fourth-order valence-corrected chi connectivity index (χ4v) is 7.38. The minimum Gasteiger partial charge on any atom is -0.243 e. The van der Waals surface area contributed by atoms with E-state index < -0.39 is 20.0 Å². The summed E-state index contributed by atoms with van der Waals surface area (Å²) in [5.74, 6) is -0.383. The summed E-state index contributed by atoms with van der Waals surface area (Å²) in [6.45, 7) is 2.12. The molecule has 1 saturated heterocycles. The average molecular weight is 482 g/mol. The quantitative estimate of drug-likeness (QED) is 0.559. The zero-order valence-electron chi connectivity index (χ0n) is 16.6. The van der Waals surface area contributed by atoms with E-state index in [1.54, 1.807) is 36.4 Å². The summed E-state index contributed by atoms with van der Waals surface area (Å²) >= 11 is 1.00. The fourth-order valence-electron chi connectivity index (χ4n) is 3.24. The number of aryl methyl sites for hydroxylation is 1. The summed E-state index contributed by atoms with van der Waals surface area (Å²) in [5.41, 5.74) is 1.58. The van der Waals surface area contributed by atoms with Gasteiger partial charge in [-0.05, 0) is 43.3 Å². The van der Waals surface area contributed by atoms with Gasteiger partial charge in [0.2, 0.25) is 10.0 Å². The SMILES string of the molecule is Cc1ccc(S(=O)(=O)N2CCN(S(=O)(=O)c3cnc(-c4ccc(F)cc4)s3)CC2)cc1. The van der Waals surface area contributed by atoms with Gasteiger partial charge in [0.05, 0.1) is 11.1 Å². The molecule has 0 unspecified atom stereocenters. The lowest BCUT2D eigenvalue weighted by Gasteiger charge is -2.32. The van der Waals surface area contributed by atoms with Crippen LogP contribution in [0.5, 0.6) is 0 Å². The highest BCUT2D eigenvalue weighted by molar-refractivity contribution is 7.91. The molecule has 0 aliphatic carbocycles. The third-order valence-corrected chi connectivity index (χ3v) is 10.3. The molecule has 1 aromatic heterocycles. The van der Waals surface area contributed by atoms with Gasteiger partial charge in [0.1, 0.15) is 10.8 Å². The maximum atomic E-state index is 13.1. The maximum absolute atomic E-state index is 13.1. The first-order valence-corrected chi connectivity index (χ1v) is 13.2. The van der Waals surface area contributed by atoms with Crippen LogP contribution in [-0.4, -0.2) is 56.6 Å². The van der Waals surface area contributed by atoms with Crippen LogP contribution >= 0.6 is 11.3 Å². The number of halogens is 1. The molecule has 1 aliphatic rings. The van der Waals surface area contributed by atoms with Crippen LogP contribution in [0.1, 0.15) is 5.56 Å². The molecule has 4 rings (SSSR count). The van der Waals surface area contributed by atoms with Crippen LogP contribution in [-0.2, 0) is 20.0 Å². The van der Waals surface area contributed by atoms with E-state index in [0.29, 0.717) is 10.6 Å². The van der Waals surface area contributed by atoms with Crippen molar-refractivity contribution in [2.24, 2.45) is 0 Å². The molecule has 1 aliphatic heterocycles. The Morgan fingerprint density at radius 3 is 1.97 bits per heavy atom. The molecule has 3 aromatic rings. The second-order valence-electron chi connectivity index (χ2n) is 7.11. The van der Waals surface area contributed by atoms with Crippen LogP contribution in [0.4, 0.5) is 4.39 Å². The van der Waals surface area contributed by atoms with Crippen molar-refractivity contribution in [3.8, 4) is 10.6 Å². The Morgan fingerprint density at radius 2 is 1.39 bits per heavy atom. The Kier molecular flexibility index (Phi) is 5.97. The van der Waals surface area contributed by atoms with Crippen molar-refractivity contribution in [3.63, 3.8) is 0 Å². The van der Waals surface area contributed by atoms with Crippen LogP contribution in [0.25, 0.3) is 10.6 Å². The van der Waals surface area contributed by atoms with E-state index in [0.717, 1.165) is 16.9 Å². The van der Waals surface area contributed by atoms with E-state index in [4.69, 9.17) is 0 Å². The maximum Gasteiger partial charge on any atom is 0.254 e. The largest absolute Gasteiger partial charge is 0.254 e. The Hall–Kier alpha value is -2.18. The monoisotopic (exact) mass is 481 g/mol. The lowest BCUT2D eigenvalue weighted by molar-refractivity contribution is 0.273. The Bertz CT molecular complexity index is 1280. The molecule has 164 valence electrons. The van der Waals surface area contributed by atoms with Crippen LogP contribution < -0.4 is 0 Å². The number of benzene rings is 2. The van der Waals surface area contributed by atoms with Crippen molar-refractivity contribution in [1.82, 2.24) is 13.6 Å². The Balaban J connectivity index is 1.48. The number of nitrogens with zero attached hydrogens (tertiary/aromatic N) is 3. The van der Waals surface area contributed by atoms with E-state index in [9.17, 15) is 21.2 Å². The first-order chi connectivity index (χ1) is 14.7. The normalized spacial score (nSPS) is 16.5. The van der Waals surface area contributed by atoms with E-state index in [1.165, 1.54) is 26.9 Å². The van der Waals surface area contributed by atoms with Crippen LogP contribution in [0, 0.1) is 12.7 Å². The highest BCUT2D eigenvalue weighted by Crippen LogP contribution is 2.30. The molecule has 0 spiro atoms. The number of sulfonamides is 2. The summed E-state index contributed by atoms with van der Waals surface area (Å²) in [4.78, 5) is 4.36. The molecule has 7 nitrogen and oxygen atoms in total. The van der Waals surface area contributed by atoms with Gasteiger partial charge in [-0.3, -0.25) is 0 Å². The van der Waals surface area contributed by atoms with Crippen molar-refractivity contribution >= 4 is 31.4 Å². The van der Waals surface area contributed by atoms with Crippen molar-refractivity contribution in [1.29, 1.82) is 0 Å². The Labute approximate surface area is 184 Å². The highest BCUT2D eigenvalue weighted by Gasteiger charge is 2.34. The molecule has 0 radical (unpaired) electrons. The third kappa shape index (κ3) is 4.41. The highest BCUT2D eigenvalue weighted by atomic mass is 32.2. The standard InChI is InChI=1S/C20H20FN3O4S3/c1-15-2-8-18(9-3-15)30(25,26)23-10-12-24(13-11-23)31(27,28)19-14-22-20(29-19)16-4-6-17(21)7-5-16/h2-9,14H,10-13H2,1H3. The third-order valence-electron chi connectivity index (χ3n) is 5.03. The van der Waals surface area contributed by atoms with E-state index in [2.05, 4.69) is 4.98 Å². The summed E-state index contributed by atoms with van der Waals surface area (Å²) in [6.07, 6.45) is 1.29. The van der Waals surface area contributed by atoms with Crippen LogP contribution in [0.15, 0.2) is 63.8 Å². The fraction of sp³-hybridized carbons (Fsp3) is 0.250. The minimum absolute atomic E-state index is 0.0528. The predicted molar refractivity (Wildman–Crippen MR) is 116 cm³/mol. The van der Waals surface area contributed by atoms with E-state index in [1.807, 2.05) is 6.92 Å². The molecule has 0 saturated carbocycles. The zero-order chi connectivity index (χ0) is 22.2. The predicted octanol–water partition coefficient (Wildman–Crippen LogP) is 2.95. The van der Waals surface area contributed by atoms with Gasteiger partial charge in [-0.15, -0.1) is 11.3 Å². The second kappa shape index (κ2) is 8.40. The minimum atomic E-state index is -3.80. The molecular weight excluding hydrogens is 461 g/mol. The van der Waals surface area contributed by atoms with Gasteiger partial charge >= 0.3 is 0 Å². The average Bonchev–Trinajstić information content (AvgIpc) is 3.26. The van der Waals surface area contributed by atoms with Gasteiger partial charge in [0.25, 0.3) is 10.0 Å². The molecule has 0 N–H and O–H groups in total. The second-order valence-corrected chi connectivity index (χ2v) is 12.2. The first-order valence-electron chi connectivity index (χ1n) is 9.47. The number of aromatic nitrogens is 1. The van der Waals surface area contributed by atoms with Gasteiger partial charge in [-0.1, -0.05) is 17.7 Å². The van der Waals surface area contributed by atoms with Crippen molar-refractivity contribution in [3.05, 3.63) is 66.1 Å². The molecule has 0 bridgehead atoms. The summed E-state index contributed by atoms with van der Waals surface area (Å²) in [7, 11) is -7.48. The van der Waals surface area contributed by atoms with E-state index in [-0.39, 0.29) is 41.1 Å². The topological polar surface area (TPSA) is 87.7 Å². The molecule has 1 fully saturated rings. The van der Waals surface area contributed by atoms with Crippen LogP contribution in [0.3, 0.4) is 0 Å². The molecule has 0 atom stereocenters. The molecule has 0 amide bonds. The number of rotatable bonds is 5. The lowest BCUT2D eigenvalue weighted by atomic mass is 10.2. The number of thiazole rings is 1. The van der Waals surface area contributed by atoms with E-state index >= 15 is 0 Å². The zero-order valence-corrected chi connectivity index (χ0v) is 19.1. The van der Waals surface area contributed by atoms with Gasteiger partial charge in [-0.25, -0.2) is 26.2 Å². The number of hydrogen-bond donors (Lipinski definition) is 0. The van der Waals surface area contributed by atoms with Gasteiger partial charge < -0.3 is 0 Å². The van der Waals surface area contributed by atoms with Gasteiger partial charge in [-0.2, -0.15) is 8.61 Å². The summed E-state index contributed by atoms with van der Waals surface area (Å²) < 4.78 is 67.5. The van der Waals surface area contributed by atoms with Gasteiger partial charge in [0, 0.05) is 31.7 Å². The molecule has 31 heavy (non-hydrogen) atoms. The van der Waals surface area contributed by atoms with Gasteiger partial charge in [0.15, 0.2) is 4.21 Å². The summed E-state index contributed by atoms with van der Waals surface area (Å²) in [5, 5.41) is 0.471. The van der Waals surface area contributed by atoms with Crippen molar-refractivity contribution in [2.75, 3.05) is 26.2 Å². The van der Waals surface area contributed by atoms with Crippen LogP contribution in [0.2, 0.25) is 0 Å². The van der Waals surface area contributed by atoms with Crippen molar-refractivity contribution in [2.45, 2.75) is 16.0 Å². The number of piperazine rings is 1. The first kappa shape index (κ1) is 22.0. The molecule has 2 aromatic carbocycles. The summed E-state index contributed by atoms with van der Waals surface area (Å²) in [6, 6.07) is 12.2. The smallest absolute Gasteiger partial charge is 0.243 e. The van der Waals surface area contributed by atoms with Crippen molar-refractivity contribution < 1.29 is 21.2 Å².